The van der Waals surface area contributed by atoms with Crippen LogP contribution in [0.25, 0.3) is 10.1 Å². The summed E-state index contributed by atoms with van der Waals surface area (Å²) in [4.78, 5) is 11.3. The first kappa shape index (κ1) is 9.15. The third kappa shape index (κ3) is 1.19. The van der Waals surface area contributed by atoms with Gasteiger partial charge in [0.2, 0.25) is 0 Å². The third-order valence-electron chi connectivity index (χ3n) is 1.96. The van der Waals surface area contributed by atoms with Gasteiger partial charge in [-0.25, -0.2) is 4.39 Å². The van der Waals surface area contributed by atoms with Crippen molar-refractivity contribution < 1.29 is 14.3 Å². The number of benzene rings is 1. The van der Waals surface area contributed by atoms with Gasteiger partial charge in [-0.15, -0.1) is 11.3 Å². The minimum Gasteiger partial charge on any atom is -0.506 e. The summed E-state index contributed by atoms with van der Waals surface area (Å²) in [5.74, 6) is -0.768. The zero-order valence-electron chi connectivity index (χ0n) is 7.37. The molecule has 0 amide bonds. The van der Waals surface area contributed by atoms with E-state index < -0.39 is 5.82 Å². The number of Topliss-reactive ketones (excluding diaryl/α,β-unsaturated/α-hetero) is 1. The molecular weight excluding hydrogens is 203 g/mol. The quantitative estimate of drug-likeness (QED) is 0.735. The highest BCUT2D eigenvalue weighted by Crippen LogP contribution is 2.38. The average molecular weight is 210 g/mol. The molecule has 0 saturated carbocycles. The number of hydrogen-bond acceptors (Lipinski definition) is 3. The van der Waals surface area contributed by atoms with Crippen molar-refractivity contribution in [2.45, 2.75) is 6.92 Å². The summed E-state index contributed by atoms with van der Waals surface area (Å²) >= 11 is 0.984. The summed E-state index contributed by atoms with van der Waals surface area (Å²) in [6, 6.07) is 4.41. The van der Waals surface area contributed by atoms with E-state index in [-0.39, 0.29) is 16.4 Å². The molecule has 1 aromatic carbocycles. The average Bonchev–Trinajstić information content (AvgIpc) is 2.46. The van der Waals surface area contributed by atoms with Gasteiger partial charge in [-0.1, -0.05) is 6.07 Å². The second-order valence-corrected chi connectivity index (χ2v) is 3.97. The first-order chi connectivity index (χ1) is 6.61. The molecule has 0 unspecified atom stereocenters. The Kier molecular flexibility index (Phi) is 2.00. The lowest BCUT2D eigenvalue weighted by molar-refractivity contribution is 0.101. The Hall–Kier alpha value is -1.42. The van der Waals surface area contributed by atoms with Crippen LogP contribution >= 0.6 is 11.3 Å². The van der Waals surface area contributed by atoms with E-state index in [9.17, 15) is 14.3 Å². The number of ketones is 1. The first-order valence-corrected chi connectivity index (χ1v) is 4.84. The van der Waals surface area contributed by atoms with Gasteiger partial charge in [0, 0.05) is 12.3 Å². The number of rotatable bonds is 1. The summed E-state index contributed by atoms with van der Waals surface area (Å²) in [6.45, 7) is 1.35. The van der Waals surface area contributed by atoms with E-state index in [0.717, 1.165) is 11.3 Å². The van der Waals surface area contributed by atoms with Gasteiger partial charge >= 0.3 is 0 Å². The Morgan fingerprint density at radius 2 is 2.21 bits per heavy atom. The lowest BCUT2D eigenvalue weighted by Gasteiger charge is -1.91. The normalized spacial score (nSPS) is 10.7. The molecule has 14 heavy (non-hydrogen) atoms. The fraction of sp³-hybridized carbons (Fsp3) is 0.100. The minimum atomic E-state index is -0.407. The van der Waals surface area contributed by atoms with Crippen LogP contribution < -0.4 is 0 Å². The maximum atomic E-state index is 13.2. The fourth-order valence-corrected chi connectivity index (χ4v) is 2.31. The van der Waals surface area contributed by atoms with Crippen molar-refractivity contribution in [1.29, 1.82) is 0 Å². The Morgan fingerprint density at radius 3 is 2.79 bits per heavy atom. The predicted molar refractivity (Wildman–Crippen MR) is 53.5 cm³/mol. The second kappa shape index (κ2) is 3.06. The minimum absolute atomic E-state index is 0.114. The molecule has 0 aliphatic heterocycles. The molecule has 0 spiro atoms. The lowest BCUT2D eigenvalue weighted by Crippen LogP contribution is -1.85. The van der Waals surface area contributed by atoms with Gasteiger partial charge in [0.05, 0.1) is 4.70 Å². The van der Waals surface area contributed by atoms with Gasteiger partial charge in [-0.05, 0) is 12.1 Å². The van der Waals surface area contributed by atoms with E-state index in [0.29, 0.717) is 10.1 Å². The summed E-state index contributed by atoms with van der Waals surface area (Å²) in [5.41, 5.74) is 0. The maximum Gasteiger partial charge on any atom is 0.173 e. The van der Waals surface area contributed by atoms with Gasteiger partial charge < -0.3 is 5.11 Å². The molecule has 0 atom stereocenters. The van der Waals surface area contributed by atoms with Crippen LogP contribution in [0.5, 0.6) is 5.75 Å². The molecule has 4 heteroatoms. The zero-order valence-corrected chi connectivity index (χ0v) is 8.19. The number of hydrogen-bond donors (Lipinski definition) is 1. The van der Waals surface area contributed by atoms with Crippen molar-refractivity contribution in [1.82, 2.24) is 0 Å². The number of carbonyl (C=O) groups is 1. The van der Waals surface area contributed by atoms with Gasteiger partial charge in [0.25, 0.3) is 0 Å². The number of fused-ring (bicyclic) bond motifs is 1. The molecule has 0 aliphatic carbocycles. The highest BCUT2D eigenvalue weighted by Gasteiger charge is 2.16. The van der Waals surface area contributed by atoms with Crippen molar-refractivity contribution >= 4 is 27.2 Å². The standard InChI is InChI=1S/C10H7FO2S/c1-5(12)9-8(13)6-3-2-4-7(11)10(6)14-9/h2-4,13H,1H3. The molecule has 0 aliphatic rings. The van der Waals surface area contributed by atoms with Crippen LogP contribution in [0.15, 0.2) is 18.2 Å². The lowest BCUT2D eigenvalue weighted by atomic mass is 10.2. The van der Waals surface area contributed by atoms with Crippen LogP contribution in [-0.4, -0.2) is 10.9 Å². The van der Waals surface area contributed by atoms with Gasteiger partial charge in [0.15, 0.2) is 5.78 Å². The van der Waals surface area contributed by atoms with E-state index in [1.807, 2.05) is 0 Å². The zero-order chi connectivity index (χ0) is 10.3. The molecule has 0 bridgehead atoms. The molecule has 2 nitrogen and oxygen atoms in total. The van der Waals surface area contributed by atoms with Crippen LogP contribution in [0.2, 0.25) is 0 Å². The van der Waals surface area contributed by atoms with Crippen molar-refractivity contribution in [2.75, 3.05) is 0 Å². The van der Waals surface area contributed by atoms with Crippen molar-refractivity contribution in [3.8, 4) is 5.75 Å². The van der Waals surface area contributed by atoms with Crippen LogP contribution in [0.4, 0.5) is 4.39 Å². The van der Waals surface area contributed by atoms with Crippen LogP contribution in [-0.2, 0) is 0 Å². The van der Waals surface area contributed by atoms with Crippen molar-refractivity contribution in [2.24, 2.45) is 0 Å². The van der Waals surface area contributed by atoms with E-state index in [1.54, 1.807) is 6.07 Å². The molecule has 1 heterocycles. The number of carbonyl (C=O) groups excluding carboxylic acids is 1. The van der Waals surface area contributed by atoms with E-state index in [4.69, 9.17) is 0 Å². The number of halogens is 1. The van der Waals surface area contributed by atoms with E-state index in [1.165, 1.54) is 19.1 Å². The van der Waals surface area contributed by atoms with Gasteiger partial charge in [-0.3, -0.25) is 4.79 Å². The Labute approximate surface area is 83.6 Å². The molecule has 2 aromatic rings. The summed E-state index contributed by atoms with van der Waals surface area (Å²) in [7, 11) is 0. The van der Waals surface area contributed by atoms with E-state index in [2.05, 4.69) is 0 Å². The van der Waals surface area contributed by atoms with Gasteiger partial charge in [0.1, 0.15) is 16.4 Å². The molecular formula is C10H7FO2S. The molecule has 1 aromatic heterocycles. The molecule has 0 fully saturated rings. The topological polar surface area (TPSA) is 37.3 Å². The van der Waals surface area contributed by atoms with Crippen LogP contribution in [0.3, 0.4) is 0 Å². The smallest absolute Gasteiger partial charge is 0.173 e. The summed E-state index contributed by atoms with van der Waals surface area (Å²) in [6.07, 6.45) is 0. The predicted octanol–water partition coefficient (Wildman–Crippen LogP) is 2.95. The van der Waals surface area contributed by atoms with Crippen molar-refractivity contribution in [3.05, 3.63) is 28.9 Å². The molecule has 0 radical (unpaired) electrons. The van der Waals surface area contributed by atoms with E-state index >= 15 is 0 Å². The third-order valence-corrected chi connectivity index (χ3v) is 3.27. The molecule has 1 N–H and O–H groups in total. The molecule has 0 saturated heterocycles. The van der Waals surface area contributed by atoms with Crippen molar-refractivity contribution in [3.63, 3.8) is 0 Å². The SMILES string of the molecule is CC(=O)c1sc2c(F)cccc2c1O. The Balaban J connectivity index is 2.86. The summed E-state index contributed by atoms with van der Waals surface area (Å²) in [5, 5.41) is 10.0. The monoisotopic (exact) mass is 210 g/mol. The number of thiophene rings is 1. The van der Waals surface area contributed by atoms with Crippen LogP contribution in [0, 0.1) is 5.82 Å². The fourth-order valence-electron chi connectivity index (χ4n) is 1.31. The maximum absolute atomic E-state index is 13.2. The Morgan fingerprint density at radius 1 is 1.50 bits per heavy atom. The Bertz CT molecular complexity index is 516. The first-order valence-electron chi connectivity index (χ1n) is 4.02. The highest BCUT2D eigenvalue weighted by molar-refractivity contribution is 7.21. The van der Waals surface area contributed by atoms with Crippen LogP contribution in [0.1, 0.15) is 16.6 Å². The molecule has 2 rings (SSSR count). The summed E-state index contributed by atoms with van der Waals surface area (Å²) < 4.78 is 13.6. The number of aromatic hydroxyl groups is 1. The van der Waals surface area contributed by atoms with Gasteiger partial charge in [-0.2, -0.15) is 0 Å². The molecule has 72 valence electrons. The largest absolute Gasteiger partial charge is 0.506 e. The highest BCUT2D eigenvalue weighted by atomic mass is 32.1. The second-order valence-electron chi connectivity index (χ2n) is 2.95.